The number of halogens is 3. The minimum Gasteiger partial charge on any atom is -0.310 e. The van der Waals surface area contributed by atoms with Crippen LogP contribution in [-0.4, -0.2) is 30.7 Å². The predicted molar refractivity (Wildman–Crippen MR) is 75.4 cm³/mol. The van der Waals surface area contributed by atoms with Gasteiger partial charge in [-0.2, -0.15) is 13.2 Å². The minimum atomic E-state index is -4.08. The van der Waals surface area contributed by atoms with Crippen LogP contribution >= 0.6 is 0 Å². The van der Waals surface area contributed by atoms with Gasteiger partial charge in [-0.3, -0.25) is 0 Å². The molecule has 1 rings (SSSR count). The molecule has 0 heterocycles. The molecule has 0 fully saturated rings. The molecule has 0 bridgehead atoms. The minimum absolute atomic E-state index is 0.0279. The molecule has 114 valence electrons. The summed E-state index contributed by atoms with van der Waals surface area (Å²) in [6, 6.07) is 8.41. The number of alkyl halides is 3. The van der Waals surface area contributed by atoms with Crippen LogP contribution in [0, 0.1) is 0 Å². The van der Waals surface area contributed by atoms with E-state index in [2.05, 4.69) is 19.2 Å². The van der Waals surface area contributed by atoms with E-state index in [1.54, 1.807) is 11.9 Å². The molecule has 2 nitrogen and oxygen atoms in total. The zero-order chi connectivity index (χ0) is 15.2. The van der Waals surface area contributed by atoms with E-state index in [1.165, 1.54) is 5.56 Å². The van der Waals surface area contributed by atoms with Gasteiger partial charge in [0.1, 0.15) is 0 Å². The van der Waals surface area contributed by atoms with E-state index in [9.17, 15) is 13.2 Å². The summed E-state index contributed by atoms with van der Waals surface area (Å²) in [5.74, 6) is 0. The van der Waals surface area contributed by atoms with Crippen LogP contribution in [0.4, 0.5) is 13.2 Å². The number of nitrogens with one attached hydrogen (secondary N) is 1. The van der Waals surface area contributed by atoms with Crippen LogP contribution in [0.2, 0.25) is 0 Å². The fourth-order valence-electron chi connectivity index (χ4n) is 1.79. The summed E-state index contributed by atoms with van der Waals surface area (Å²) in [7, 11) is 1.71. The molecule has 1 N–H and O–H groups in total. The number of benzene rings is 1. The van der Waals surface area contributed by atoms with E-state index in [4.69, 9.17) is 0 Å². The summed E-state index contributed by atoms with van der Waals surface area (Å²) in [4.78, 5) is 1.69. The summed E-state index contributed by atoms with van der Waals surface area (Å²) in [5, 5.41) is 3.32. The van der Waals surface area contributed by atoms with Crippen molar-refractivity contribution in [3.63, 3.8) is 0 Å². The van der Waals surface area contributed by atoms with E-state index >= 15 is 0 Å². The standard InChI is InChI=1S/C15H23F3N2/c1-12(2)19-10-13-4-6-14(7-5-13)11-20(3)9-8-15(16,17)18/h4-7,12,19H,8-11H2,1-3H3. The maximum Gasteiger partial charge on any atom is 0.390 e. The highest BCUT2D eigenvalue weighted by molar-refractivity contribution is 5.22. The highest BCUT2D eigenvalue weighted by atomic mass is 19.4. The third-order valence-corrected chi connectivity index (χ3v) is 2.97. The van der Waals surface area contributed by atoms with Crippen LogP contribution < -0.4 is 5.32 Å². The Bertz CT molecular complexity index is 385. The fraction of sp³-hybridized carbons (Fsp3) is 0.600. The molecule has 0 aliphatic carbocycles. The molecule has 1 aromatic rings. The second-order valence-corrected chi connectivity index (χ2v) is 5.46. The first kappa shape index (κ1) is 17.0. The van der Waals surface area contributed by atoms with Crippen LogP contribution in [0.15, 0.2) is 24.3 Å². The lowest BCUT2D eigenvalue weighted by molar-refractivity contribution is -0.137. The molecule has 0 unspecified atom stereocenters. The van der Waals surface area contributed by atoms with Crippen LogP contribution in [0.25, 0.3) is 0 Å². The van der Waals surface area contributed by atoms with Gasteiger partial charge in [0.15, 0.2) is 0 Å². The Hall–Kier alpha value is -1.07. The monoisotopic (exact) mass is 288 g/mol. The molecule has 0 saturated carbocycles. The molecule has 0 spiro atoms. The van der Waals surface area contributed by atoms with Crippen molar-refractivity contribution < 1.29 is 13.2 Å². The van der Waals surface area contributed by atoms with E-state index in [0.29, 0.717) is 12.6 Å². The van der Waals surface area contributed by atoms with Crippen molar-refractivity contribution in [1.82, 2.24) is 10.2 Å². The lowest BCUT2D eigenvalue weighted by atomic mass is 10.1. The van der Waals surface area contributed by atoms with E-state index < -0.39 is 12.6 Å². The Labute approximate surface area is 119 Å². The maximum absolute atomic E-state index is 12.1. The van der Waals surface area contributed by atoms with Crippen molar-refractivity contribution in [2.45, 2.75) is 45.6 Å². The summed E-state index contributed by atoms with van der Waals surface area (Å²) in [5.41, 5.74) is 2.21. The second-order valence-electron chi connectivity index (χ2n) is 5.46. The summed E-state index contributed by atoms with van der Waals surface area (Å²) < 4.78 is 36.4. The number of hydrogen-bond donors (Lipinski definition) is 1. The molecular formula is C15H23F3N2. The number of hydrogen-bond acceptors (Lipinski definition) is 2. The normalized spacial score (nSPS) is 12.4. The Morgan fingerprint density at radius 3 is 2.15 bits per heavy atom. The highest BCUT2D eigenvalue weighted by Gasteiger charge is 2.26. The van der Waals surface area contributed by atoms with Crippen LogP contribution in [0.5, 0.6) is 0 Å². The molecular weight excluding hydrogens is 265 g/mol. The fourth-order valence-corrected chi connectivity index (χ4v) is 1.79. The highest BCUT2D eigenvalue weighted by Crippen LogP contribution is 2.19. The Kier molecular flexibility index (Phi) is 6.49. The Morgan fingerprint density at radius 1 is 1.10 bits per heavy atom. The van der Waals surface area contributed by atoms with Crippen molar-refractivity contribution in [3.8, 4) is 0 Å². The van der Waals surface area contributed by atoms with Crippen molar-refractivity contribution in [1.29, 1.82) is 0 Å². The SMILES string of the molecule is CC(C)NCc1ccc(CN(C)CCC(F)(F)F)cc1. The molecule has 20 heavy (non-hydrogen) atoms. The first-order valence-electron chi connectivity index (χ1n) is 6.83. The summed E-state index contributed by atoms with van der Waals surface area (Å²) in [6.45, 7) is 5.55. The van der Waals surface area contributed by atoms with Crippen LogP contribution in [0.1, 0.15) is 31.4 Å². The molecule has 1 aromatic carbocycles. The molecule has 0 aliphatic rings. The van der Waals surface area contributed by atoms with Gasteiger partial charge in [-0.15, -0.1) is 0 Å². The van der Waals surface area contributed by atoms with Crippen molar-refractivity contribution >= 4 is 0 Å². The Balaban J connectivity index is 2.40. The average Bonchev–Trinajstić information content (AvgIpc) is 2.35. The summed E-state index contributed by atoms with van der Waals surface area (Å²) in [6.07, 6.45) is -4.85. The van der Waals surface area contributed by atoms with Gasteiger partial charge in [-0.1, -0.05) is 38.1 Å². The van der Waals surface area contributed by atoms with Gasteiger partial charge in [-0.25, -0.2) is 0 Å². The van der Waals surface area contributed by atoms with Gasteiger partial charge in [0.05, 0.1) is 6.42 Å². The number of rotatable bonds is 7. The third kappa shape index (κ3) is 7.50. The molecule has 0 saturated heterocycles. The average molecular weight is 288 g/mol. The van der Waals surface area contributed by atoms with Crippen molar-refractivity contribution in [3.05, 3.63) is 35.4 Å². The quantitative estimate of drug-likeness (QED) is 0.825. The van der Waals surface area contributed by atoms with Gasteiger partial charge < -0.3 is 10.2 Å². The lowest BCUT2D eigenvalue weighted by Gasteiger charge is -2.18. The van der Waals surface area contributed by atoms with Gasteiger partial charge in [0, 0.05) is 25.7 Å². The third-order valence-electron chi connectivity index (χ3n) is 2.97. The van der Waals surface area contributed by atoms with Gasteiger partial charge in [-0.05, 0) is 18.2 Å². The van der Waals surface area contributed by atoms with Crippen LogP contribution in [0.3, 0.4) is 0 Å². The molecule has 0 aliphatic heterocycles. The smallest absolute Gasteiger partial charge is 0.310 e. The first-order chi connectivity index (χ1) is 9.26. The maximum atomic E-state index is 12.1. The lowest BCUT2D eigenvalue weighted by Crippen LogP contribution is -2.24. The second kappa shape index (κ2) is 7.64. The number of nitrogens with zero attached hydrogens (tertiary/aromatic N) is 1. The zero-order valence-corrected chi connectivity index (χ0v) is 12.3. The van der Waals surface area contributed by atoms with Crippen molar-refractivity contribution in [2.75, 3.05) is 13.6 Å². The van der Waals surface area contributed by atoms with E-state index in [1.807, 2.05) is 24.3 Å². The molecule has 0 amide bonds. The topological polar surface area (TPSA) is 15.3 Å². The zero-order valence-electron chi connectivity index (χ0n) is 12.3. The van der Waals surface area contributed by atoms with E-state index in [0.717, 1.165) is 12.1 Å². The predicted octanol–water partition coefficient (Wildman–Crippen LogP) is 3.57. The Morgan fingerprint density at radius 2 is 1.65 bits per heavy atom. The van der Waals surface area contributed by atoms with Gasteiger partial charge >= 0.3 is 6.18 Å². The van der Waals surface area contributed by atoms with Crippen molar-refractivity contribution in [2.24, 2.45) is 0 Å². The molecule has 5 heteroatoms. The molecule has 0 aromatic heterocycles. The van der Waals surface area contributed by atoms with E-state index in [-0.39, 0.29) is 6.54 Å². The molecule has 0 atom stereocenters. The molecule has 0 radical (unpaired) electrons. The first-order valence-corrected chi connectivity index (χ1v) is 6.83. The van der Waals surface area contributed by atoms with Gasteiger partial charge in [0.2, 0.25) is 0 Å². The summed E-state index contributed by atoms with van der Waals surface area (Å²) >= 11 is 0. The van der Waals surface area contributed by atoms with Gasteiger partial charge in [0.25, 0.3) is 0 Å². The van der Waals surface area contributed by atoms with Crippen LogP contribution in [-0.2, 0) is 13.1 Å². The largest absolute Gasteiger partial charge is 0.390 e.